The van der Waals surface area contributed by atoms with Gasteiger partial charge in [0.2, 0.25) is 0 Å². The highest BCUT2D eigenvalue weighted by molar-refractivity contribution is 4.70. The molecule has 2 atom stereocenters. The summed E-state index contributed by atoms with van der Waals surface area (Å²) in [4.78, 5) is 2.43. The number of methoxy groups -OCH3 is 2. The summed E-state index contributed by atoms with van der Waals surface area (Å²) in [6, 6.07) is 0.444. The molecular weight excluding hydrogens is 204 g/mol. The normalized spacial score (nSPS) is 15.4. The molecule has 0 rings (SSSR count). The molecule has 0 spiro atoms. The Morgan fingerprint density at radius 2 is 1.88 bits per heavy atom. The third-order valence-electron chi connectivity index (χ3n) is 2.71. The van der Waals surface area contributed by atoms with Crippen LogP contribution in [0.5, 0.6) is 0 Å². The third-order valence-corrected chi connectivity index (χ3v) is 2.71. The summed E-state index contributed by atoms with van der Waals surface area (Å²) in [5.41, 5.74) is 0. The van der Waals surface area contributed by atoms with Crippen LogP contribution in [-0.2, 0) is 9.47 Å². The van der Waals surface area contributed by atoms with Crippen LogP contribution in [0, 0.1) is 5.92 Å². The second-order valence-corrected chi connectivity index (χ2v) is 4.45. The van der Waals surface area contributed by atoms with Gasteiger partial charge in [-0.1, -0.05) is 6.92 Å². The highest BCUT2D eigenvalue weighted by Gasteiger charge is 2.15. The summed E-state index contributed by atoms with van der Waals surface area (Å²) in [7, 11) is 5.49. The first-order valence-electron chi connectivity index (χ1n) is 6.02. The summed E-state index contributed by atoms with van der Waals surface area (Å²) in [5, 5.41) is 3.21. The molecule has 0 saturated carbocycles. The van der Waals surface area contributed by atoms with Crippen LogP contribution in [-0.4, -0.2) is 65.1 Å². The molecule has 0 amide bonds. The molecule has 0 aliphatic heterocycles. The van der Waals surface area contributed by atoms with Gasteiger partial charge in [0.1, 0.15) is 0 Å². The average Bonchev–Trinajstić information content (AvgIpc) is 2.24. The molecule has 0 aliphatic rings. The lowest BCUT2D eigenvalue weighted by molar-refractivity contribution is 0.0666. The van der Waals surface area contributed by atoms with Crippen molar-refractivity contribution in [2.45, 2.75) is 19.9 Å². The lowest BCUT2D eigenvalue weighted by atomic mass is 10.1. The molecule has 0 bridgehead atoms. The molecule has 1 N–H and O–H groups in total. The van der Waals surface area contributed by atoms with E-state index in [0.717, 1.165) is 32.8 Å². The van der Waals surface area contributed by atoms with Crippen molar-refractivity contribution < 1.29 is 9.47 Å². The predicted molar refractivity (Wildman–Crippen MR) is 67.9 cm³/mol. The lowest BCUT2D eigenvalue weighted by Crippen LogP contribution is -2.42. The van der Waals surface area contributed by atoms with Crippen molar-refractivity contribution in [2.75, 3.05) is 54.1 Å². The van der Waals surface area contributed by atoms with Gasteiger partial charge in [0, 0.05) is 33.4 Å². The molecule has 0 aliphatic carbocycles. The number of hydrogen-bond acceptors (Lipinski definition) is 4. The molecule has 4 heteroatoms. The average molecular weight is 232 g/mol. The fourth-order valence-corrected chi connectivity index (χ4v) is 1.86. The first-order chi connectivity index (χ1) is 7.65. The van der Waals surface area contributed by atoms with Crippen LogP contribution in [0.3, 0.4) is 0 Å². The number of nitrogens with zero attached hydrogens (tertiary/aromatic N) is 1. The van der Waals surface area contributed by atoms with Crippen molar-refractivity contribution in [1.29, 1.82) is 0 Å². The molecule has 16 heavy (non-hydrogen) atoms. The van der Waals surface area contributed by atoms with Gasteiger partial charge < -0.3 is 14.8 Å². The van der Waals surface area contributed by atoms with Crippen molar-refractivity contribution >= 4 is 0 Å². The van der Waals surface area contributed by atoms with Gasteiger partial charge in [-0.2, -0.15) is 0 Å². The van der Waals surface area contributed by atoms with Gasteiger partial charge in [-0.3, -0.25) is 4.90 Å². The molecule has 0 heterocycles. The Kier molecular flexibility index (Phi) is 9.92. The second-order valence-electron chi connectivity index (χ2n) is 4.45. The van der Waals surface area contributed by atoms with E-state index >= 15 is 0 Å². The summed E-state index contributed by atoms with van der Waals surface area (Å²) in [5.74, 6) is 0.640. The minimum atomic E-state index is 0.444. The molecular formula is C12H28N2O2. The predicted octanol–water partition coefficient (Wildman–Crippen LogP) is 0.825. The smallest absolute Gasteiger partial charge is 0.0615 e. The van der Waals surface area contributed by atoms with Gasteiger partial charge in [-0.25, -0.2) is 0 Å². The zero-order chi connectivity index (χ0) is 12.4. The topological polar surface area (TPSA) is 33.7 Å². The van der Waals surface area contributed by atoms with Crippen LogP contribution >= 0.6 is 0 Å². The van der Waals surface area contributed by atoms with E-state index in [4.69, 9.17) is 9.47 Å². The zero-order valence-electron chi connectivity index (χ0n) is 11.5. The SMILES string of the molecule is CNCC(C)CN(CCOC)C(C)COC. The maximum absolute atomic E-state index is 5.21. The molecule has 0 saturated heterocycles. The van der Waals surface area contributed by atoms with Crippen molar-refractivity contribution in [3.8, 4) is 0 Å². The van der Waals surface area contributed by atoms with Gasteiger partial charge >= 0.3 is 0 Å². The maximum atomic E-state index is 5.21. The van der Waals surface area contributed by atoms with Crippen LogP contribution < -0.4 is 5.32 Å². The van der Waals surface area contributed by atoms with E-state index in [2.05, 4.69) is 24.1 Å². The Hall–Kier alpha value is -0.160. The van der Waals surface area contributed by atoms with E-state index in [1.165, 1.54) is 0 Å². The quantitative estimate of drug-likeness (QED) is 0.605. The first-order valence-corrected chi connectivity index (χ1v) is 6.02. The molecule has 0 aromatic rings. The molecule has 2 unspecified atom stereocenters. The van der Waals surface area contributed by atoms with E-state index < -0.39 is 0 Å². The molecule has 4 nitrogen and oxygen atoms in total. The van der Waals surface area contributed by atoms with Crippen LogP contribution in [0.4, 0.5) is 0 Å². The zero-order valence-corrected chi connectivity index (χ0v) is 11.5. The summed E-state index contributed by atoms with van der Waals surface area (Å²) in [6.45, 7) is 9.10. The number of rotatable bonds is 10. The Balaban J connectivity index is 4.07. The fraction of sp³-hybridized carbons (Fsp3) is 1.00. The third kappa shape index (κ3) is 7.17. The molecule has 0 radical (unpaired) electrons. The van der Waals surface area contributed by atoms with E-state index in [9.17, 15) is 0 Å². The molecule has 98 valence electrons. The van der Waals surface area contributed by atoms with Crippen LogP contribution in [0.15, 0.2) is 0 Å². The first kappa shape index (κ1) is 15.8. The molecule has 0 fully saturated rings. The summed E-state index contributed by atoms with van der Waals surface area (Å²) >= 11 is 0. The fourth-order valence-electron chi connectivity index (χ4n) is 1.86. The molecule has 0 aromatic carbocycles. The second kappa shape index (κ2) is 10.0. The van der Waals surface area contributed by atoms with Crippen LogP contribution in [0.25, 0.3) is 0 Å². The Morgan fingerprint density at radius 1 is 1.19 bits per heavy atom. The summed E-state index contributed by atoms with van der Waals surface area (Å²) < 4.78 is 10.4. The monoisotopic (exact) mass is 232 g/mol. The van der Waals surface area contributed by atoms with Gasteiger partial charge in [0.05, 0.1) is 13.2 Å². The molecule has 0 aromatic heterocycles. The standard InChI is InChI=1S/C12H28N2O2/c1-11(8-13-3)9-14(6-7-15-4)12(2)10-16-5/h11-13H,6-10H2,1-5H3. The number of nitrogens with one attached hydrogen (secondary N) is 1. The van der Waals surface area contributed by atoms with Crippen molar-refractivity contribution in [2.24, 2.45) is 5.92 Å². The Labute approximate surface area is 100 Å². The van der Waals surface area contributed by atoms with Crippen molar-refractivity contribution in [1.82, 2.24) is 10.2 Å². The van der Waals surface area contributed by atoms with Crippen LogP contribution in [0.2, 0.25) is 0 Å². The van der Waals surface area contributed by atoms with Gasteiger partial charge in [0.25, 0.3) is 0 Å². The Morgan fingerprint density at radius 3 is 2.38 bits per heavy atom. The van der Waals surface area contributed by atoms with E-state index in [0.29, 0.717) is 12.0 Å². The lowest BCUT2D eigenvalue weighted by Gasteiger charge is -2.30. The summed E-state index contributed by atoms with van der Waals surface area (Å²) in [6.07, 6.45) is 0. The minimum Gasteiger partial charge on any atom is -0.383 e. The van der Waals surface area contributed by atoms with Crippen molar-refractivity contribution in [3.63, 3.8) is 0 Å². The van der Waals surface area contributed by atoms with Crippen LogP contribution in [0.1, 0.15) is 13.8 Å². The Bertz CT molecular complexity index is 156. The van der Waals surface area contributed by atoms with Gasteiger partial charge in [0.15, 0.2) is 0 Å². The van der Waals surface area contributed by atoms with E-state index in [1.807, 2.05) is 7.05 Å². The van der Waals surface area contributed by atoms with Gasteiger partial charge in [-0.15, -0.1) is 0 Å². The number of ether oxygens (including phenoxy) is 2. The van der Waals surface area contributed by atoms with E-state index in [1.54, 1.807) is 14.2 Å². The van der Waals surface area contributed by atoms with Crippen molar-refractivity contribution in [3.05, 3.63) is 0 Å². The largest absolute Gasteiger partial charge is 0.383 e. The van der Waals surface area contributed by atoms with Gasteiger partial charge in [-0.05, 0) is 26.4 Å². The highest BCUT2D eigenvalue weighted by Crippen LogP contribution is 2.05. The minimum absolute atomic E-state index is 0.444. The highest BCUT2D eigenvalue weighted by atomic mass is 16.5. The van der Waals surface area contributed by atoms with E-state index in [-0.39, 0.29) is 0 Å². The number of hydrogen-bond donors (Lipinski definition) is 1. The maximum Gasteiger partial charge on any atom is 0.0615 e.